The van der Waals surface area contributed by atoms with E-state index in [4.69, 9.17) is 14.0 Å². The van der Waals surface area contributed by atoms with Gasteiger partial charge in [-0.05, 0) is 12.1 Å². The molecule has 1 aromatic heterocycles. The summed E-state index contributed by atoms with van der Waals surface area (Å²) in [5.74, 6) is 2.37. The van der Waals surface area contributed by atoms with Crippen molar-refractivity contribution < 1.29 is 22.4 Å². The summed E-state index contributed by atoms with van der Waals surface area (Å²) in [5.41, 5.74) is 0. The average molecular weight is 338 g/mol. The molecule has 0 N–H and O–H groups in total. The fourth-order valence-corrected chi connectivity index (χ4v) is 3.01. The molecule has 0 radical (unpaired) electrons. The molecule has 0 aliphatic carbocycles. The van der Waals surface area contributed by atoms with Gasteiger partial charge in [-0.2, -0.15) is 4.98 Å². The number of benzene rings is 1. The monoisotopic (exact) mass is 338 g/mol. The molecule has 3 rings (SSSR count). The number of fused-ring (bicyclic) bond motifs is 1. The summed E-state index contributed by atoms with van der Waals surface area (Å²) in [6.45, 7) is 2.02. The Hall–Kier alpha value is -2.09. The number of ether oxygens (including phenoxy) is 2. The Kier molecular flexibility index (Phi) is 4.51. The Labute approximate surface area is 134 Å². The first-order valence-corrected chi connectivity index (χ1v) is 9.28. The van der Waals surface area contributed by atoms with Gasteiger partial charge in [0.1, 0.15) is 22.5 Å². The fourth-order valence-electron chi connectivity index (χ4n) is 2.22. The van der Waals surface area contributed by atoms with Crippen LogP contribution in [0, 0.1) is 0 Å². The predicted octanol–water partition coefficient (Wildman–Crippen LogP) is 1.43. The van der Waals surface area contributed by atoms with E-state index in [1.807, 2.05) is 24.3 Å². The van der Waals surface area contributed by atoms with E-state index >= 15 is 0 Å². The molecule has 0 saturated carbocycles. The smallest absolute Gasteiger partial charge is 0.230 e. The third-order valence-electron chi connectivity index (χ3n) is 3.56. The van der Waals surface area contributed by atoms with Gasteiger partial charge in [0.2, 0.25) is 5.89 Å². The number of para-hydroxylation sites is 2. The minimum atomic E-state index is -3.04. The third-order valence-corrected chi connectivity index (χ3v) is 5.26. The second-order valence-corrected chi connectivity index (χ2v) is 7.77. The van der Waals surface area contributed by atoms with Crippen LogP contribution in [-0.4, -0.2) is 42.8 Å². The Morgan fingerprint density at radius 3 is 2.83 bits per heavy atom. The van der Waals surface area contributed by atoms with Crippen molar-refractivity contribution in [1.29, 1.82) is 0 Å². The van der Waals surface area contributed by atoms with Gasteiger partial charge >= 0.3 is 0 Å². The zero-order valence-electron chi connectivity index (χ0n) is 12.8. The first kappa shape index (κ1) is 15.8. The summed E-state index contributed by atoms with van der Waals surface area (Å²) in [7, 11) is -3.04. The maximum absolute atomic E-state index is 11.5. The maximum atomic E-state index is 11.5. The van der Waals surface area contributed by atoms with Gasteiger partial charge in [-0.3, -0.25) is 0 Å². The second-order valence-electron chi connectivity index (χ2n) is 5.29. The molecule has 124 valence electrons. The molecule has 2 aromatic rings. The zero-order chi connectivity index (χ0) is 16.3. The highest BCUT2D eigenvalue weighted by molar-refractivity contribution is 7.91. The van der Waals surface area contributed by atoms with Crippen LogP contribution in [-0.2, 0) is 22.7 Å². The van der Waals surface area contributed by atoms with E-state index in [1.54, 1.807) is 6.92 Å². The average Bonchev–Trinajstić information content (AvgIpc) is 3.00. The standard InChI is InChI=1S/C15H18N2O5S/c1-2-23(18,19)8-7-14-16-15(22-17-14)9-11-10-20-12-5-3-4-6-13(12)21-11/h3-6,11H,2,7-10H2,1H3. The number of nitrogens with zero attached hydrogens (tertiary/aromatic N) is 2. The first-order valence-electron chi connectivity index (χ1n) is 7.46. The van der Waals surface area contributed by atoms with Crippen LogP contribution < -0.4 is 9.47 Å². The highest BCUT2D eigenvalue weighted by atomic mass is 32.2. The molecule has 2 heterocycles. The van der Waals surface area contributed by atoms with Crippen molar-refractivity contribution in [3.05, 3.63) is 36.0 Å². The largest absolute Gasteiger partial charge is 0.486 e. The lowest BCUT2D eigenvalue weighted by Crippen LogP contribution is -2.31. The SMILES string of the molecule is CCS(=O)(=O)CCc1noc(CC2COc3ccccc3O2)n1. The van der Waals surface area contributed by atoms with E-state index in [1.165, 1.54) is 0 Å². The van der Waals surface area contributed by atoms with Gasteiger partial charge in [0.25, 0.3) is 0 Å². The molecular weight excluding hydrogens is 320 g/mol. The molecule has 0 saturated heterocycles. The second kappa shape index (κ2) is 6.57. The number of aromatic nitrogens is 2. The molecular formula is C15H18N2O5S. The van der Waals surface area contributed by atoms with Crippen molar-refractivity contribution >= 4 is 9.84 Å². The molecule has 1 unspecified atom stereocenters. The van der Waals surface area contributed by atoms with Gasteiger partial charge < -0.3 is 14.0 Å². The minimum absolute atomic E-state index is 0.0267. The van der Waals surface area contributed by atoms with Crippen LogP contribution in [0.1, 0.15) is 18.6 Å². The van der Waals surface area contributed by atoms with E-state index in [2.05, 4.69) is 10.1 Å². The zero-order valence-corrected chi connectivity index (χ0v) is 13.6. The molecule has 7 nitrogen and oxygen atoms in total. The summed E-state index contributed by atoms with van der Waals surface area (Å²) < 4.78 is 39.6. The van der Waals surface area contributed by atoms with Crippen LogP contribution in [0.3, 0.4) is 0 Å². The van der Waals surface area contributed by atoms with E-state index in [0.717, 1.165) is 5.75 Å². The van der Waals surface area contributed by atoms with E-state index in [0.29, 0.717) is 30.5 Å². The molecule has 8 heteroatoms. The van der Waals surface area contributed by atoms with E-state index < -0.39 is 9.84 Å². The van der Waals surface area contributed by atoms with Crippen molar-refractivity contribution in [1.82, 2.24) is 10.1 Å². The van der Waals surface area contributed by atoms with Crippen LogP contribution in [0.25, 0.3) is 0 Å². The number of aryl methyl sites for hydroxylation is 1. The third kappa shape index (κ3) is 4.01. The molecule has 1 aliphatic heterocycles. The molecule has 23 heavy (non-hydrogen) atoms. The molecule has 0 fully saturated rings. The highest BCUT2D eigenvalue weighted by Crippen LogP contribution is 2.31. The van der Waals surface area contributed by atoms with Crippen molar-refractivity contribution in [2.45, 2.75) is 25.9 Å². The molecule has 1 aromatic carbocycles. The lowest BCUT2D eigenvalue weighted by atomic mass is 10.2. The molecule has 1 atom stereocenters. The van der Waals surface area contributed by atoms with Crippen LogP contribution in [0.2, 0.25) is 0 Å². The van der Waals surface area contributed by atoms with Crippen molar-refractivity contribution in [3.8, 4) is 11.5 Å². The molecule has 0 spiro atoms. The van der Waals surface area contributed by atoms with Crippen LogP contribution in [0.5, 0.6) is 11.5 Å². The van der Waals surface area contributed by atoms with Gasteiger partial charge in [0.05, 0.1) is 12.2 Å². The van der Waals surface area contributed by atoms with Gasteiger partial charge in [-0.1, -0.05) is 24.2 Å². The van der Waals surface area contributed by atoms with Crippen molar-refractivity contribution in [3.63, 3.8) is 0 Å². The lowest BCUT2D eigenvalue weighted by molar-refractivity contribution is 0.0851. The Morgan fingerprint density at radius 2 is 2.04 bits per heavy atom. The number of rotatable bonds is 6. The van der Waals surface area contributed by atoms with Crippen molar-refractivity contribution in [2.24, 2.45) is 0 Å². The number of hydrogen-bond acceptors (Lipinski definition) is 7. The summed E-state index contributed by atoms with van der Waals surface area (Å²) in [6.07, 6.45) is 0.462. The summed E-state index contributed by atoms with van der Waals surface area (Å²) in [4.78, 5) is 4.22. The van der Waals surface area contributed by atoms with Crippen LogP contribution in [0.4, 0.5) is 0 Å². The maximum Gasteiger partial charge on any atom is 0.230 e. The topological polar surface area (TPSA) is 91.5 Å². The number of hydrogen-bond donors (Lipinski definition) is 0. The Balaban J connectivity index is 1.58. The number of sulfone groups is 1. The highest BCUT2D eigenvalue weighted by Gasteiger charge is 2.23. The van der Waals surface area contributed by atoms with Gasteiger partial charge in [-0.15, -0.1) is 0 Å². The molecule has 1 aliphatic rings. The quantitative estimate of drug-likeness (QED) is 0.786. The van der Waals surface area contributed by atoms with E-state index in [-0.39, 0.29) is 24.0 Å². The summed E-state index contributed by atoms with van der Waals surface area (Å²) in [6, 6.07) is 7.46. The first-order chi connectivity index (χ1) is 11.1. The Bertz CT molecular complexity index is 772. The van der Waals surface area contributed by atoms with Crippen molar-refractivity contribution in [2.75, 3.05) is 18.1 Å². The Morgan fingerprint density at radius 1 is 1.26 bits per heavy atom. The van der Waals surface area contributed by atoms with Gasteiger partial charge in [-0.25, -0.2) is 8.42 Å². The lowest BCUT2D eigenvalue weighted by Gasteiger charge is -2.25. The van der Waals surface area contributed by atoms with Gasteiger partial charge in [0, 0.05) is 12.2 Å². The summed E-state index contributed by atoms with van der Waals surface area (Å²) in [5, 5.41) is 3.82. The molecule has 0 bridgehead atoms. The van der Waals surface area contributed by atoms with Crippen LogP contribution in [0.15, 0.2) is 28.8 Å². The minimum Gasteiger partial charge on any atom is -0.486 e. The fraction of sp³-hybridized carbons (Fsp3) is 0.467. The van der Waals surface area contributed by atoms with Crippen LogP contribution >= 0.6 is 0 Å². The summed E-state index contributed by atoms with van der Waals surface area (Å²) >= 11 is 0. The normalized spacial score (nSPS) is 17.2. The predicted molar refractivity (Wildman–Crippen MR) is 82.4 cm³/mol. The van der Waals surface area contributed by atoms with Gasteiger partial charge in [0.15, 0.2) is 17.3 Å². The van der Waals surface area contributed by atoms with E-state index in [9.17, 15) is 8.42 Å². The molecule has 0 amide bonds.